The molecule has 0 radical (unpaired) electrons. The molecule has 3 rings (SSSR count). The molecule has 5 atom stereocenters. The van der Waals surface area contributed by atoms with Gasteiger partial charge in [0, 0.05) is 12.8 Å². The second-order valence-corrected chi connectivity index (χ2v) is 10.3. The van der Waals surface area contributed by atoms with Gasteiger partial charge in [0.05, 0.1) is 12.2 Å². The van der Waals surface area contributed by atoms with Crippen molar-refractivity contribution in [3.8, 4) is 11.8 Å². The van der Waals surface area contributed by atoms with Crippen LogP contribution in [0.5, 0.6) is 0 Å². The van der Waals surface area contributed by atoms with Gasteiger partial charge in [-0.25, -0.2) is 0 Å². The highest BCUT2D eigenvalue weighted by Gasteiger charge is 2.45. The van der Waals surface area contributed by atoms with Crippen LogP contribution < -0.4 is 0 Å². The molecular formula is C27H38O3. The van der Waals surface area contributed by atoms with Gasteiger partial charge in [0.2, 0.25) is 0 Å². The fourth-order valence-corrected chi connectivity index (χ4v) is 5.61. The fraction of sp³-hybridized carbons (Fsp3) is 0.630. The standard InChI is InChI=1S/C27H38O3/c1-18(8-6-14-26(3,4)30)23-12-13-24-20(9-7-15-27(23,24)5)10-11-21-16-22(28)17-25(29)19(21)2/h10-12,18,22,24-25,28-30H,2,7-9,13,15-17H2,1,3-5H3/b20-10+,21-11-/t18-,22+,24?,25+,27-/m1/s1. The molecule has 2 fully saturated rings. The predicted octanol–water partition coefficient (Wildman–Crippen LogP) is 4.85. The Hall–Kier alpha value is -1.60. The summed E-state index contributed by atoms with van der Waals surface area (Å²) in [6, 6.07) is 0. The van der Waals surface area contributed by atoms with Gasteiger partial charge in [-0.2, -0.15) is 0 Å². The number of rotatable bonds is 3. The highest BCUT2D eigenvalue weighted by molar-refractivity contribution is 5.40. The molecule has 0 heterocycles. The van der Waals surface area contributed by atoms with E-state index in [1.807, 2.05) is 0 Å². The van der Waals surface area contributed by atoms with Crippen LogP contribution in [0.1, 0.15) is 72.6 Å². The number of aliphatic hydroxyl groups excluding tert-OH is 2. The summed E-state index contributed by atoms with van der Waals surface area (Å²) in [5.41, 5.74) is 3.95. The van der Waals surface area contributed by atoms with E-state index >= 15 is 0 Å². The van der Waals surface area contributed by atoms with E-state index in [0.29, 0.717) is 24.7 Å². The van der Waals surface area contributed by atoms with E-state index in [0.717, 1.165) is 30.4 Å². The van der Waals surface area contributed by atoms with E-state index in [1.165, 1.54) is 24.0 Å². The molecular weight excluding hydrogens is 372 g/mol. The minimum atomic E-state index is -0.936. The van der Waals surface area contributed by atoms with Crippen LogP contribution in [0.15, 0.2) is 47.1 Å². The van der Waals surface area contributed by atoms with Gasteiger partial charge in [0.1, 0.15) is 5.60 Å². The van der Waals surface area contributed by atoms with Crippen LogP contribution in [0.2, 0.25) is 0 Å². The lowest BCUT2D eigenvalue weighted by Crippen LogP contribution is -2.32. The van der Waals surface area contributed by atoms with Gasteiger partial charge in [-0.1, -0.05) is 61.6 Å². The number of hydrogen-bond donors (Lipinski definition) is 3. The maximum absolute atomic E-state index is 10.1. The van der Waals surface area contributed by atoms with Crippen molar-refractivity contribution in [2.45, 2.75) is 90.4 Å². The Balaban J connectivity index is 1.76. The Kier molecular flexibility index (Phi) is 6.82. The zero-order valence-corrected chi connectivity index (χ0v) is 19.0. The van der Waals surface area contributed by atoms with Crippen LogP contribution >= 0.6 is 0 Å². The van der Waals surface area contributed by atoms with Gasteiger partial charge >= 0.3 is 0 Å². The second kappa shape index (κ2) is 8.87. The van der Waals surface area contributed by atoms with E-state index in [4.69, 9.17) is 0 Å². The molecule has 0 aromatic carbocycles. The van der Waals surface area contributed by atoms with Gasteiger partial charge in [0.25, 0.3) is 0 Å². The van der Waals surface area contributed by atoms with Crippen molar-refractivity contribution in [1.29, 1.82) is 0 Å². The summed E-state index contributed by atoms with van der Waals surface area (Å²) in [5, 5.41) is 30.0. The van der Waals surface area contributed by atoms with Crippen molar-refractivity contribution in [1.82, 2.24) is 0 Å². The zero-order chi connectivity index (χ0) is 22.1. The highest BCUT2D eigenvalue weighted by atomic mass is 16.3. The van der Waals surface area contributed by atoms with Gasteiger partial charge in [0.15, 0.2) is 0 Å². The van der Waals surface area contributed by atoms with E-state index in [1.54, 1.807) is 13.8 Å². The maximum Gasteiger partial charge on any atom is 0.119 e. The first kappa shape index (κ1) is 23.1. The van der Waals surface area contributed by atoms with Crippen molar-refractivity contribution in [2.24, 2.45) is 17.3 Å². The molecule has 3 aliphatic rings. The van der Waals surface area contributed by atoms with E-state index in [-0.39, 0.29) is 5.41 Å². The van der Waals surface area contributed by atoms with Crippen molar-refractivity contribution in [3.63, 3.8) is 0 Å². The number of aliphatic hydroxyl groups is 3. The molecule has 3 aliphatic carbocycles. The largest absolute Gasteiger partial charge is 0.393 e. The van der Waals surface area contributed by atoms with Crippen LogP contribution in [0.3, 0.4) is 0 Å². The quantitative estimate of drug-likeness (QED) is 0.460. The molecule has 30 heavy (non-hydrogen) atoms. The molecule has 1 unspecified atom stereocenters. The van der Waals surface area contributed by atoms with E-state index in [9.17, 15) is 15.3 Å². The number of allylic oxidation sites excluding steroid dienone is 5. The van der Waals surface area contributed by atoms with Crippen LogP contribution in [-0.4, -0.2) is 33.1 Å². The molecule has 3 heteroatoms. The first-order valence-electron chi connectivity index (χ1n) is 11.4. The topological polar surface area (TPSA) is 60.7 Å². The van der Waals surface area contributed by atoms with Crippen molar-refractivity contribution < 1.29 is 15.3 Å². The molecule has 3 N–H and O–H groups in total. The fourth-order valence-electron chi connectivity index (χ4n) is 5.61. The van der Waals surface area contributed by atoms with Crippen molar-refractivity contribution >= 4 is 0 Å². The molecule has 0 aliphatic heterocycles. The molecule has 0 spiro atoms. The smallest absolute Gasteiger partial charge is 0.119 e. The summed E-state index contributed by atoms with van der Waals surface area (Å²) >= 11 is 0. The third kappa shape index (κ3) is 4.99. The van der Waals surface area contributed by atoms with Crippen LogP contribution in [0, 0.1) is 29.1 Å². The SMILES string of the molecule is C=C1/C(=C\C=C2/CCC[C@]3(C)C([C@H](C)CC#CC(C)(C)O)=CCC23)C[C@H](O)C[C@@H]1O. The number of fused-ring (bicyclic) bond motifs is 1. The molecule has 2 saturated carbocycles. The zero-order valence-electron chi connectivity index (χ0n) is 19.0. The maximum atomic E-state index is 10.1. The van der Waals surface area contributed by atoms with Gasteiger partial charge in [-0.05, 0) is 74.3 Å². The minimum Gasteiger partial charge on any atom is -0.393 e. The van der Waals surface area contributed by atoms with Crippen molar-refractivity contribution in [3.05, 3.63) is 47.1 Å². The Bertz CT molecular complexity index is 826. The van der Waals surface area contributed by atoms with Gasteiger partial charge in [-0.3, -0.25) is 0 Å². The summed E-state index contributed by atoms with van der Waals surface area (Å²) < 4.78 is 0. The Morgan fingerprint density at radius 2 is 2.07 bits per heavy atom. The minimum absolute atomic E-state index is 0.168. The van der Waals surface area contributed by atoms with Gasteiger partial charge in [-0.15, -0.1) is 0 Å². The van der Waals surface area contributed by atoms with E-state index < -0.39 is 17.8 Å². The first-order valence-corrected chi connectivity index (χ1v) is 11.4. The van der Waals surface area contributed by atoms with Crippen LogP contribution in [0.25, 0.3) is 0 Å². The molecule has 0 amide bonds. The summed E-state index contributed by atoms with van der Waals surface area (Å²) in [6.45, 7) is 12.1. The van der Waals surface area contributed by atoms with Crippen LogP contribution in [-0.2, 0) is 0 Å². The normalized spacial score (nSPS) is 35.6. The van der Waals surface area contributed by atoms with E-state index in [2.05, 4.69) is 50.5 Å². The third-order valence-corrected chi connectivity index (χ3v) is 7.21. The summed E-state index contributed by atoms with van der Waals surface area (Å²) in [4.78, 5) is 0. The lowest BCUT2D eigenvalue weighted by molar-refractivity contribution is 0.0862. The molecule has 0 bridgehead atoms. The Labute approximate surface area is 182 Å². The average Bonchev–Trinajstić information content (AvgIpc) is 3.00. The molecule has 0 aromatic rings. The molecule has 0 saturated heterocycles. The lowest BCUT2D eigenvalue weighted by Gasteiger charge is -2.42. The van der Waals surface area contributed by atoms with Gasteiger partial charge < -0.3 is 15.3 Å². The Morgan fingerprint density at radius 1 is 1.33 bits per heavy atom. The third-order valence-electron chi connectivity index (χ3n) is 7.21. The Morgan fingerprint density at radius 3 is 2.77 bits per heavy atom. The lowest BCUT2D eigenvalue weighted by atomic mass is 9.62. The molecule has 3 nitrogen and oxygen atoms in total. The molecule has 164 valence electrons. The monoisotopic (exact) mass is 410 g/mol. The predicted molar refractivity (Wildman–Crippen MR) is 123 cm³/mol. The summed E-state index contributed by atoms with van der Waals surface area (Å²) in [6.07, 6.45) is 11.9. The van der Waals surface area contributed by atoms with Crippen LogP contribution in [0.4, 0.5) is 0 Å². The highest BCUT2D eigenvalue weighted by Crippen LogP contribution is 2.56. The molecule has 0 aromatic heterocycles. The van der Waals surface area contributed by atoms with Crippen molar-refractivity contribution in [2.75, 3.05) is 0 Å². The summed E-state index contributed by atoms with van der Waals surface area (Å²) in [5.74, 6) is 7.03. The first-order chi connectivity index (χ1) is 14.0. The number of hydrogen-bond acceptors (Lipinski definition) is 3. The summed E-state index contributed by atoms with van der Waals surface area (Å²) in [7, 11) is 0. The average molecular weight is 411 g/mol. The second-order valence-electron chi connectivity index (χ2n) is 10.3.